The highest BCUT2D eigenvalue weighted by Gasteiger charge is 2.22. The number of aromatic nitrogens is 2. The van der Waals surface area contributed by atoms with Crippen molar-refractivity contribution >= 4 is 27.7 Å². The molecular weight excluding hydrogens is 464 g/mol. The van der Waals surface area contributed by atoms with Crippen molar-refractivity contribution in [3.8, 4) is 11.5 Å². The molecule has 0 saturated heterocycles. The molecular formula is C22H23BrN4O4. The fraction of sp³-hybridized carbons (Fsp3) is 0.227. The Balaban J connectivity index is 1.79. The lowest BCUT2D eigenvalue weighted by molar-refractivity contribution is -0.120. The van der Waals surface area contributed by atoms with Crippen molar-refractivity contribution in [3.05, 3.63) is 76.3 Å². The van der Waals surface area contributed by atoms with Crippen molar-refractivity contribution in [1.82, 2.24) is 20.2 Å². The lowest BCUT2D eigenvalue weighted by Gasteiger charge is -2.20. The minimum atomic E-state index is -0.570. The fourth-order valence-corrected chi connectivity index (χ4v) is 3.45. The Morgan fingerprint density at radius 2 is 1.84 bits per heavy atom. The molecule has 3 aromatic rings. The average molecular weight is 487 g/mol. The van der Waals surface area contributed by atoms with E-state index in [1.165, 1.54) is 0 Å². The smallest absolute Gasteiger partial charge is 0.251 e. The van der Waals surface area contributed by atoms with E-state index in [4.69, 9.17) is 9.47 Å². The Labute approximate surface area is 188 Å². The molecule has 162 valence electrons. The highest BCUT2D eigenvalue weighted by atomic mass is 79.9. The summed E-state index contributed by atoms with van der Waals surface area (Å²) in [5.74, 6) is 1.10. The molecule has 0 bridgehead atoms. The predicted molar refractivity (Wildman–Crippen MR) is 119 cm³/mol. The SMILES string of the molecule is COc1cc(OC)cc(C(NC(=O)CNC(=O)c2cccc(Br)c2)c2nccn2C)c1. The number of imidazole rings is 1. The van der Waals surface area contributed by atoms with Gasteiger partial charge in [0, 0.05) is 35.5 Å². The summed E-state index contributed by atoms with van der Waals surface area (Å²) in [6, 6.07) is 11.7. The van der Waals surface area contributed by atoms with Crippen molar-refractivity contribution in [2.24, 2.45) is 7.05 Å². The molecule has 1 atom stereocenters. The molecule has 8 nitrogen and oxygen atoms in total. The van der Waals surface area contributed by atoms with Gasteiger partial charge in [-0.25, -0.2) is 4.98 Å². The molecule has 0 aliphatic heterocycles. The summed E-state index contributed by atoms with van der Waals surface area (Å²) in [5.41, 5.74) is 1.19. The number of amides is 2. The second-order valence-corrected chi connectivity index (χ2v) is 7.65. The number of nitrogens with one attached hydrogen (secondary N) is 2. The molecule has 0 radical (unpaired) electrons. The van der Waals surface area contributed by atoms with Gasteiger partial charge in [-0.05, 0) is 35.9 Å². The maximum Gasteiger partial charge on any atom is 0.251 e. The van der Waals surface area contributed by atoms with E-state index in [1.807, 2.05) is 29.8 Å². The molecule has 1 aromatic heterocycles. The van der Waals surface area contributed by atoms with Gasteiger partial charge >= 0.3 is 0 Å². The van der Waals surface area contributed by atoms with Crippen molar-refractivity contribution in [2.45, 2.75) is 6.04 Å². The number of ether oxygens (including phenoxy) is 2. The Bertz CT molecular complexity index is 1060. The molecule has 0 saturated carbocycles. The van der Waals surface area contributed by atoms with E-state index in [0.717, 1.165) is 10.0 Å². The number of hydrogen-bond donors (Lipinski definition) is 2. The van der Waals surface area contributed by atoms with Crippen LogP contribution in [0, 0.1) is 0 Å². The first-order valence-electron chi connectivity index (χ1n) is 9.44. The van der Waals surface area contributed by atoms with Gasteiger partial charge in [0.25, 0.3) is 5.91 Å². The zero-order valence-corrected chi connectivity index (χ0v) is 19.0. The standard InChI is InChI=1S/C22H23BrN4O4/c1-27-8-7-24-21(27)20(15-10-17(30-2)12-18(11-15)31-3)26-19(28)13-25-22(29)14-5-4-6-16(23)9-14/h4-12,20H,13H2,1-3H3,(H,25,29)(H,26,28). The zero-order chi connectivity index (χ0) is 22.4. The van der Waals surface area contributed by atoms with Crippen LogP contribution >= 0.6 is 15.9 Å². The van der Waals surface area contributed by atoms with Gasteiger partial charge in [-0.2, -0.15) is 0 Å². The van der Waals surface area contributed by atoms with E-state index in [1.54, 1.807) is 50.9 Å². The van der Waals surface area contributed by atoms with Gasteiger partial charge in [-0.1, -0.05) is 22.0 Å². The first-order valence-corrected chi connectivity index (χ1v) is 10.2. The Kier molecular flexibility index (Phi) is 7.30. The summed E-state index contributed by atoms with van der Waals surface area (Å²) in [7, 11) is 4.96. The van der Waals surface area contributed by atoms with Crippen LogP contribution in [0.3, 0.4) is 0 Å². The second kappa shape index (κ2) is 10.1. The van der Waals surface area contributed by atoms with Crippen LogP contribution in [0.2, 0.25) is 0 Å². The van der Waals surface area contributed by atoms with Gasteiger partial charge < -0.3 is 24.7 Å². The molecule has 0 aliphatic rings. The van der Waals surface area contributed by atoms with Gasteiger partial charge in [0.2, 0.25) is 5.91 Å². The van der Waals surface area contributed by atoms with Crippen LogP contribution in [0.4, 0.5) is 0 Å². The van der Waals surface area contributed by atoms with Crippen LogP contribution in [0.25, 0.3) is 0 Å². The molecule has 2 aromatic carbocycles. The number of rotatable bonds is 8. The van der Waals surface area contributed by atoms with E-state index in [2.05, 4.69) is 31.5 Å². The van der Waals surface area contributed by atoms with E-state index in [9.17, 15) is 9.59 Å². The quantitative estimate of drug-likeness (QED) is 0.510. The fourth-order valence-electron chi connectivity index (χ4n) is 3.05. The number of carbonyl (C=O) groups is 2. The summed E-state index contributed by atoms with van der Waals surface area (Å²) in [5, 5.41) is 5.58. The molecule has 3 rings (SSSR count). The van der Waals surface area contributed by atoms with E-state index in [-0.39, 0.29) is 18.4 Å². The molecule has 9 heteroatoms. The third-order valence-electron chi connectivity index (χ3n) is 4.63. The number of aryl methyl sites for hydroxylation is 1. The Hall–Kier alpha value is -3.33. The van der Waals surface area contributed by atoms with Crippen LogP contribution in [-0.4, -0.2) is 42.1 Å². The lowest BCUT2D eigenvalue weighted by Crippen LogP contribution is -2.39. The maximum absolute atomic E-state index is 12.7. The van der Waals surface area contributed by atoms with Crippen molar-refractivity contribution in [2.75, 3.05) is 20.8 Å². The number of carbonyl (C=O) groups excluding carboxylic acids is 2. The first kappa shape index (κ1) is 22.4. The zero-order valence-electron chi connectivity index (χ0n) is 17.4. The summed E-state index contributed by atoms with van der Waals surface area (Å²) in [4.78, 5) is 29.4. The third kappa shape index (κ3) is 5.64. The van der Waals surface area contributed by atoms with Crippen LogP contribution in [0.1, 0.15) is 27.8 Å². The number of benzene rings is 2. The van der Waals surface area contributed by atoms with Gasteiger partial charge in [-0.15, -0.1) is 0 Å². The van der Waals surface area contributed by atoms with E-state index < -0.39 is 6.04 Å². The topological polar surface area (TPSA) is 94.5 Å². The molecule has 0 fully saturated rings. The highest BCUT2D eigenvalue weighted by Crippen LogP contribution is 2.29. The molecule has 1 heterocycles. The maximum atomic E-state index is 12.7. The summed E-state index contributed by atoms with van der Waals surface area (Å²) >= 11 is 3.33. The van der Waals surface area contributed by atoms with Crippen LogP contribution in [0.5, 0.6) is 11.5 Å². The molecule has 2 N–H and O–H groups in total. The van der Waals surface area contributed by atoms with Gasteiger partial charge in [-0.3, -0.25) is 9.59 Å². The Morgan fingerprint density at radius 1 is 1.13 bits per heavy atom. The van der Waals surface area contributed by atoms with Crippen LogP contribution in [-0.2, 0) is 11.8 Å². The average Bonchev–Trinajstić information content (AvgIpc) is 3.20. The highest BCUT2D eigenvalue weighted by molar-refractivity contribution is 9.10. The summed E-state index contributed by atoms with van der Waals surface area (Å²) in [6.45, 7) is -0.187. The summed E-state index contributed by atoms with van der Waals surface area (Å²) < 4.78 is 13.3. The second-order valence-electron chi connectivity index (χ2n) is 6.74. The van der Waals surface area contributed by atoms with Gasteiger partial charge in [0.15, 0.2) is 0 Å². The molecule has 0 spiro atoms. The number of hydrogen-bond acceptors (Lipinski definition) is 5. The minimum absolute atomic E-state index is 0.187. The molecule has 1 unspecified atom stereocenters. The molecule has 2 amide bonds. The summed E-state index contributed by atoms with van der Waals surface area (Å²) in [6.07, 6.45) is 3.45. The lowest BCUT2D eigenvalue weighted by atomic mass is 10.0. The largest absolute Gasteiger partial charge is 0.497 e. The van der Waals surface area contributed by atoms with E-state index >= 15 is 0 Å². The molecule has 31 heavy (non-hydrogen) atoms. The van der Waals surface area contributed by atoms with Crippen molar-refractivity contribution < 1.29 is 19.1 Å². The molecule has 0 aliphatic carbocycles. The third-order valence-corrected chi connectivity index (χ3v) is 5.12. The van der Waals surface area contributed by atoms with Crippen molar-refractivity contribution in [3.63, 3.8) is 0 Å². The van der Waals surface area contributed by atoms with E-state index in [0.29, 0.717) is 22.9 Å². The number of methoxy groups -OCH3 is 2. The van der Waals surface area contributed by atoms with Crippen LogP contribution in [0.15, 0.2) is 59.3 Å². The first-order chi connectivity index (χ1) is 14.9. The van der Waals surface area contributed by atoms with Crippen LogP contribution < -0.4 is 20.1 Å². The Morgan fingerprint density at radius 3 is 2.42 bits per heavy atom. The number of halogens is 1. The normalized spacial score (nSPS) is 11.5. The monoisotopic (exact) mass is 486 g/mol. The van der Waals surface area contributed by atoms with Gasteiger partial charge in [0.1, 0.15) is 23.4 Å². The van der Waals surface area contributed by atoms with Crippen molar-refractivity contribution in [1.29, 1.82) is 0 Å². The predicted octanol–water partition coefficient (Wildman–Crippen LogP) is 2.84. The minimum Gasteiger partial charge on any atom is -0.497 e. The number of nitrogens with zero attached hydrogens (tertiary/aromatic N) is 2. The van der Waals surface area contributed by atoms with Gasteiger partial charge in [0.05, 0.1) is 20.8 Å².